The first-order valence-corrected chi connectivity index (χ1v) is 7.83. The number of hydrogen-bond acceptors (Lipinski definition) is 5. The molecular formula is C11H14IN5S. The third kappa shape index (κ3) is 2.52. The summed E-state index contributed by atoms with van der Waals surface area (Å²) in [5.41, 5.74) is 1.12. The van der Waals surface area contributed by atoms with Crippen molar-refractivity contribution in [2.24, 2.45) is 0 Å². The predicted octanol–water partition coefficient (Wildman–Crippen LogP) is 1.94. The van der Waals surface area contributed by atoms with Crippen LogP contribution < -0.4 is 10.2 Å². The molecule has 1 unspecified atom stereocenters. The van der Waals surface area contributed by atoms with Gasteiger partial charge in [0.15, 0.2) is 5.82 Å². The lowest BCUT2D eigenvalue weighted by Gasteiger charge is -2.30. The van der Waals surface area contributed by atoms with E-state index in [1.165, 1.54) is 2.88 Å². The first kappa shape index (κ1) is 12.4. The van der Waals surface area contributed by atoms with Gasteiger partial charge in [-0.15, -0.1) is 16.4 Å². The Morgan fingerprint density at radius 2 is 2.44 bits per heavy atom. The second-order valence-electron chi connectivity index (χ2n) is 4.42. The van der Waals surface area contributed by atoms with Gasteiger partial charge in [-0.3, -0.25) is 5.10 Å². The van der Waals surface area contributed by atoms with Crippen LogP contribution in [0.15, 0.2) is 11.4 Å². The second kappa shape index (κ2) is 5.14. The third-order valence-electron chi connectivity index (χ3n) is 2.97. The molecule has 0 amide bonds. The van der Waals surface area contributed by atoms with E-state index in [0.29, 0.717) is 6.04 Å². The summed E-state index contributed by atoms with van der Waals surface area (Å²) >= 11 is 4.04. The fourth-order valence-corrected chi connectivity index (χ4v) is 3.40. The molecule has 5 nitrogen and oxygen atoms in total. The van der Waals surface area contributed by atoms with Crippen LogP contribution >= 0.6 is 33.9 Å². The number of hydrogen-bond donors (Lipinski definition) is 2. The van der Waals surface area contributed by atoms with Crippen molar-refractivity contribution in [3.63, 3.8) is 0 Å². The zero-order chi connectivity index (χ0) is 12.5. The Labute approximate surface area is 123 Å². The van der Waals surface area contributed by atoms with Gasteiger partial charge < -0.3 is 10.2 Å². The fourth-order valence-electron chi connectivity index (χ4n) is 2.07. The summed E-state index contributed by atoms with van der Waals surface area (Å²) in [7, 11) is 0. The number of aromatic amines is 1. The van der Waals surface area contributed by atoms with Crippen LogP contribution in [0.5, 0.6) is 0 Å². The number of thiophene rings is 1. The zero-order valence-electron chi connectivity index (χ0n) is 9.98. The predicted molar refractivity (Wildman–Crippen MR) is 82.1 cm³/mol. The van der Waals surface area contributed by atoms with Crippen molar-refractivity contribution in [1.82, 2.24) is 20.5 Å². The van der Waals surface area contributed by atoms with Crippen LogP contribution in [-0.2, 0) is 0 Å². The van der Waals surface area contributed by atoms with Crippen molar-refractivity contribution in [2.45, 2.75) is 13.0 Å². The lowest BCUT2D eigenvalue weighted by Crippen LogP contribution is -2.49. The Morgan fingerprint density at radius 1 is 1.56 bits per heavy atom. The average molecular weight is 375 g/mol. The topological polar surface area (TPSA) is 56.8 Å². The van der Waals surface area contributed by atoms with Gasteiger partial charge in [0, 0.05) is 36.6 Å². The number of anilines is 1. The number of piperazine rings is 1. The molecule has 2 aromatic rings. The molecule has 0 bridgehead atoms. The van der Waals surface area contributed by atoms with E-state index in [1.54, 1.807) is 11.3 Å². The number of halogens is 1. The molecular weight excluding hydrogens is 361 g/mol. The molecule has 96 valence electrons. The number of nitrogens with zero attached hydrogens (tertiary/aromatic N) is 3. The van der Waals surface area contributed by atoms with E-state index in [-0.39, 0.29) is 0 Å². The molecule has 1 saturated heterocycles. The van der Waals surface area contributed by atoms with E-state index in [0.717, 1.165) is 37.0 Å². The smallest absolute Gasteiger partial charge is 0.245 e. The van der Waals surface area contributed by atoms with Crippen LogP contribution in [0.25, 0.3) is 11.4 Å². The first-order valence-electron chi connectivity index (χ1n) is 5.87. The van der Waals surface area contributed by atoms with Crippen LogP contribution in [0.4, 0.5) is 5.95 Å². The van der Waals surface area contributed by atoms with Gasteiger partial charge in [-0.25, -0.2) is 0 Å². The molecule has 0 saturated carbocycles. The number of rotatable bonds is 2. The summed E-state index contributed by atoms with van der Waals surface area (Å²) in [5, 5.41) is 12.9. The molecule has 1 aliphatic heterocycles. The average Bonchev–Trinajstić information content (AvgIpc) is 2.97. The summed E-state index contributed by atoms with van der Waals surface area (Å²) in [4.78, 5) is 6.81. The lowest BCUT2D eigenvalue weighted by molar-refractivity contribution is 0.480. The quantitative estimate of drug-likeness (QED) is 0.788. The van der Waals surface area contributed by atoms with Crippen LogP contribution in [0.1, 0.15) is 6.92 Å². The van der Waals surface area contributed by atoms with Gasteiger partial charge in [0.2, 0.25) is 5.95 Å². The van der Waals surface area contributed by atoms with Crippen LogP contribution in [0.2, 0.25) is 0 Å². The van der Waals surface area contributed by atoms with E-state index in [4.69, 9.17) is 0 Å². The van der Waals surface area contributed by atoms with Gasteiger partial charge in [-0.1, -0.05) is 0 Å². The minimum Gasteiger partial charge on any atom is -0.337 e. The van der Waals surface area contributed by atoms with Gasteiger partial charge >= 0.3 is 0 Å². The Balaban J connectivity index is 1.80. The third-order valence-corrected chi connectivity index (χ3v) is 4.76. The molecule has 1 atom stereocenters. The van der Waals surface area contributed by atoms with E-state index in [9.17, 15) is 0 Å². The molecule has 18 heavy (non-hydrogen) atoms. The molecule has 2 aromatic heterocycles. The standard InChI is InChI=1S/C11H14IN5S/c1-7-5-17(3-2-13-7)11-14-10(15-16-11)8-4-9(12)18-6-8/h4,6-7,13H,2-3,5H2,1H3,(H,14,15,16). The monoisotopic (exact) mass is 375 g/mol. The molecule has 1 aliphatic rings. The van der Waals surface area contributed by atoms with Crippen molar-refractivity contribution >= 4 is 39.9 Å². The summed E-state index contributed by atoms with van der Waals surface area (Å²) in [6.07, 6.45) is 0. The van der Waals surface area contributed by atoms with E-state index >= 15 is 0 Å². The fraction of sp³-hybridized carbons (Fsp3) is 0.455. The highest BCUT2D eigenvalue weighted by molar-refractivity contribution is 14.1. The van der Waals surface area contributed by atoms with Crippen LogP contribution in [-0.4, -0.2) is 40.9 Å². The van der Waals surface area contributed by atoms with Gasteiger partial charge in [-0.05, 0) is 35.6 Å². The first-order chi connectivity index (χ1) is 8.72. The molecule has 1 fully saturated rings. The Hall–Kier alpha value is -0.670. The van der Waals surface area contributed by atoms with Crippen molar-refractivity contribution in [2.75, 3.05) is 24.5 Å². The van der Waals surface area contributed by atoms with Crippen molar-refractivity contribution in [3.8, 4) is 11.4 Å². The van der Waals surface area contributed by atoms with Crippen LogP contribution in [0.3, 0.4) is 0 Å². The summed E-state index contributed by atoms with van der Waals surface area (Å²) in [5.74, 6) is 1.66. The number of H-pyrrole nitrogens is 1. The highest BCUT2D eigenvalue weighted by Gasteiger charge is 2.19. The maximum Gasteiger partial charge on any atom is 0.245 e. The van der Waals surface area contributed by atoms with E-state index < -0.39 is 0 Å². The number of aromatic nitrogens is 3. The molecule has 2 N–H and O–H groups in total. The van der Waals surface area contributed by atoms with E-state index in [1.807, 2.05) is 0 Å². The largest absolute Gasteiger partial charge is 0.337 e. The summed E-state index contributed by atoms with van der Waals surface area (Å²) < 4.78 is 1.26. The van der Waals surface area contributed by atoms with Gasteiger partial charge in [0.05, 0.1) is 2.88 Å². The molecule has 3 rings (SSSR count). The Bertz CT molecular complexity index is 537. The Morgan fingerprint density at radius 3 is 3.17 bits per heavy atom. The summed E-state index contributed by atoms with van der Waals surface area (Å²) in [6.45, 7) is 5.09. The molecule has 0 spiro atoms. The lowest BCUT2D eigenvalue weighted by atomic mass is 10.2. The van der Waals surface area contributed by atoms with Gasteiger partial charge in [0.1, 0.15) is 0 Å². The SMILES string of the molecule is CC1CN(c2n[nH]c(-c3csc(I)c3)n2)CCN1. The zero-order valence-corrected chi connectivity index (χ0v) is 13.0. The van der Waals surface area contributed by atoms with Gasteiger partial charge in [0.25, 0.3) is 0 Å². The minimum atomic E-state index is 0.489. The van der Waals surface area contributed by atoms with Crippen LogP contribution in [0, 0.1) is 2.88 Å². The highest BCUT2D eigenvalue weighted by atomic mass is 127. The molecule has 0 aliphatic carbocycles. The van der Waals surface area contributed by atoms with Crippen molar-refractivity contribution in [1.29, 1.82) is 0 Å². The van der Waals surface area contributed by atoms with Crippen molar-refractivity contribution in [3.05, 3.63) is 14.3 Å². The Kier molecular flexibility index (Phi) is 3.53. The molecule has 0 radical (unpaired) electrons. The van der Waals surface area contributed by atoms with Crippen molar-refractivity contribution < 1.29 is 0 Å². The second-order valence-corrected chi connectivity index (χ2v) is 7.23. The normalized spacial score (nSPS) is 20.3. The minimum absolute atomic E-state index is 0.489. The number of nitrogens with one attached hydrogen (secondary N) is 2. The highest BCUT2D eigenvalue weighted by Crippen LogP contribution is 2.25. The maximum absolute atomic E-state index is 4.59. The molecule has 0 aromatic carbocycles. The molecule has 7 heteroatoms. The maximum atomic E-state index is 4.59. The van der Waals surface area contributed by atoms with Gasteiger partial charge in [-0.2, -0.15) is 4.98 Å². The van der Waals surface area contributed by atoms with E-state index in [2.05, 4.69) is 66.4 Å². The summed E-state index contributed by atoms with van der Waals surface area (Å²) in [6, 6.07) is 2.61. The molecule has 3 heterocycles.